The maximum absolute atomic E-state index is 12.8. The van der Waals surface area contributed by atoms with Crippen LogP contribution in [0.15, 0.2) is 60.7 Å². The van der Waals surface area contributed by atoms with Crippen LogP contribution < -0.4 is 0 Å². The van der Waals surface area contributed by atoms with Gasteiger partial charge in [0.25, 0.3) is 0 Å². The van der Waals surface area contributed by atoms with Crippen molar-refractivity contribution in [2.75, 3.05) is 6.61 Å². The summed E-state index contributed by atoms with van der Waals surface area (Å²) in [4.78, 5) is 12.8. The number of ether oxygens (including phenoxy) is 1. The van der Waals surface area contributed by atoms with Crippen molar-refractivity contribution >= 4 is 17.1 Å². The number of unbranched alkanes of at least 4 members (excludes halogenated alkanes) is 1. The van der Waals surface area contributed by atoms with E-state index in [9.17, 15) is 10.1 Å². The Labute approximate surface area is 201 Å². The molecule has 2 rings (SSSR count). The van der Waals surface area contributed by atoms with Gasteiger partial charge < -0.3 is 4.74 Å². The number of fused-ring (bicyclic) bond motifs is 1. The van der Waals surface area contributed by atoms with Crippen molar-refractivity contribution < 1.29 is 9.53 Å². The zero-order valence-corrected chi connectivity index (χ0v) is 21.0. The fourth-order valence-corrected chi connectivity index (χ4v) is 3.48. The van der Waals surface area contributed by atoms with E-state index in [4.69, 9.17) is 4.74 Å². The highest BCUT2D eigenvalue weighted by Gasteiger charge is 2.30. The van der Waals surface area contributed by atoms with Gasteiger partial charge >= 0.3 is 5.97 Å². The van der Waals surface area contributed by atoms with Gasteiger partial charge in [-0.25, -0.2) is 4.79 Å². The molecule has 0 heterocycles. The van der Waals surface area contributed by atoms with Gasteiger partial charge in [-0.1, -0.05) is 90.0 Å². The molecule has 0 saturated carbocycles. The lowest BCUT2D eigenvalue weighted by molar-refractivity contribution is -0.139. The number of carbonyl (C=O) groups is 1. The molecule has 0 N–H and O–H groups in total. The number of hydrogen-bond acceptors (Lipinski definition) is 3. The molecular weight excluding hydrogens is 406 g/mol. The molecule has 0 amide bonds. The molecule has 1 aliphatic rings. The third kappa shape index (κ3) is 8.63. The van der Waals surface area contributed by atoms with E-state index in [0.29, 0.717) is 30.1 Å². The fraction of sp³-hybridized carbons (Fsp3) is 0.400. The molecule has 0 aromatic heterocycles. The molecule has 1 aliphatic carbocycles. The quantitative estimate of drug-likeness (QED) is 0.127. The first-order chi connectivity index (χ1) is 16.0. The number of carbonyl (C=O) groups excluding carboxylic acids is 1. The van der Waals surface area contributed by atoms with Crippen LogP contribution in [0.3, 0.4) is 0 Å². The number of hydrogen-bond donors (Lipinski definition) is 0. The van der Waals surface area contributed by atoms with Crippen LogP contribution in [-0.2, 0) is 9.53 Å². The molecule has 3 heteroatoms. The molecular formula is C30H39NO2. The number of rotatable bonds is 9. The van der Waals surface area contributed by atoms with Crippen molar-refractivity contribution in [1.82, 2.24) is 0 Å². The van der Waals surface area contributed by atoms with Crippen molar-refractivity contribution in [2.45, 2.75) is 66.7 Å². The van der Waals surface area contributed by atoms with E-state index in [1.807, 2.05) is 50.3 Å². The zero-order valence-electron chi connectivity index (χ0n) is 21.0. The Morgan fingerprint density at radius 1 is 1.24 bits per heavy atom. The monoisotopic (exact) mass is 445 g/mol. The van der Waals surface area contributed by atoms with E-state index >= 15 is 0 Å². The summed E-state index contributed by atoms with van der Waals surface area (Å²) >= 11 is 0. The van der Waals surface area contributed by atoms with Gasteiger partial charge in [0.2, 0.25) is 0 Å². The van der Waals surface area contributed by atoms with E-state index in [1.165, 1.54) is 0 Å². The minimum absolute atomic E-state index is 0.0322. The highest BCUT2D eigenvalue weighted by Crippen LogP contribution is 2.45. The largest absolute Gasteiger partial charge is 0.461 e. The lowest BCUT2D eigenvalue weighted by atomic mass is 9.99. The van der Waals surface area contributed by atoms with E-state index < -0.39 is 5.97 Å². The topological polar surface area (TPSA) is 50.1 Å². The van der Waals surface area contributed by atoms with Gasteiger partial charge in [0.1, 0.15) is 11.6 Å². The molecule has 0 fully saturated rings. The summed E-state index contributed by atoms with van der Waals surface area (Å²) in [5, 5.41) is 9.74. The molecule has 0 aliphatic heterocycles. The third-order valence-electron chi connectivity index (χ3n) is 5.16. The maximum Gasteiger partial charge on any atom is 0.349 e. The lowest BCUT2D eigenvalue weighted by Gasteiger charge is -2.15. The van der Waals surface area contributed by atoms with E-state index in [0.717, 1.165) is 42.4 Å². The summed E-state index contributed by atoms with van der Waals surface area (Å²) < 4.78 is 5.54. The number of terminal acetylenes is 1. The Morgan fingerprint density at radius 2 is 1.85 bits per heavy atom. The van der Waals surface area contributed by atoms with Crippen molar-refractivity contribution in [3.63, 3.8) is 0 Å². The zero-order chi connectivity index (χ0) is 25.2. The van der Waals surface area contributed by atoms with Crippen molar-refractivity contribution in [1.29, 1.82) is 5.26 Å². The van der Waals surface area contributed by atoms with Crippen LogP contribution in [-0.4, -0.2) is 12.6 Å². The smallest absolute Gasteiger partial charge is 0.349 e. The number of allylic oxidation sites excluding steroid dienone is 5. The summed E-state index contributed by atoms with van der Waals surface area (Å²) in [5.74, 6) is 2.02. The van der Waals surface area contributed by atoms with Crippen LogP contribution in [0.5, 0.6) is 0 Å². The molecule has 0 spiro atoms. The molecule has 33 heavy (non-hydrogen) atoms. The Balaban J connectivity index is 0.00000189. The Hall–Kier alpha value is -3.30. The van der Waals surface area contributed by atoms with Crippen LogP contribution in [0.25, 0.3) is 11.1 Å². The number of nitrogens with zero attached hydrogens (tertiary/aromatic N) is 1. The highest BCUT2D eigenvalue weighted by molar-refractivity contribution is 6.15. The van der Waals surface area contributed by atoms with Gasteiger partial charge in [0, 0.05) is 5.57 Å². The number of esters is 1. The van der Waals surface area contributed by atoms with Crippen LogP contribution in [0.4, 0.5) is 0 Å². The molecule has 1 aromatic carbocycles. The van der Waals surface area contributed by atoms with Gasteiger partial charge in [-0.15, -0.1) is 18.9 Å². The Morgan fingerprint density at radius 3 is 2.36 bits per heavy atom. The predicted molar refractivity (Wildman–Crippen MR) is 141 cm³/mol. The molecule has 0 radical (unpaired) electrons. The summed E-state index contributed by atoms with van der Waals surface area (Å²) in [5.41, 5.74) is 4.09. The number of nitriles is 1. The van der Waals surface area contributed by atoms with E-state index in [-0.39, 0.29) is 5.57 Å². The van der Waals surface area contributed by atoms with Crippen molar-refractivity contribution in [3.8, 4) is 18.4 Å². The third-order valence-corrected chi connectivity index (χ3v) is 5.16. The number of benzene rings is 1. The van der Waals surface area contributed by atoms with Gasteiger partial charge in [0.15, 0.2) is 0 Å². The average Bonchev–Trinajstić information content (AvgIpc) is 3.11. The van der Waals surface area contributed by atoms with Crippen LogP contribution in [0.2, 0.25) is 0 Å². The van der Waals surface area contributed by atoms with Crippen molar-refractivity contribution in [3.05, 3.63) is 71.8 Å². The molecule has 0 bridgehead atoms. The molecule has 3 nitrogen and oxygen atoms in total. The molecule has 1 atom stereocenters. The second kappa shape index (κ2) is 17.3. The first-order valence-corrected chi connectivity index (χ1v) is 11.8. The standard InChI is InChI=1S/C25H29NO2.C3H4.C2H6/c1-5-8-12-19(7-3)17-28-25(27)23(16-26)24-18(4)20(13-9-6-2)21-14-10-11-15-22(21)24;1-3-2;1-2/h6,10-11,13-15,19H,2,4-5,7-9,12,17H2,1,3H3;1H,2H3;1-2H3/b20-13?,24-23-;;. The van der Waals surface area contributed by atoms with Gasteiger partial charge in [0.05, 0.1) is 6.61 Å². The summed E-state index contributed by atoms with van der Waals surface area (Å²) in [7, 11) is 0. The maximum atomic E-state index is 12.8. The Bertz CT molecular complexity index is 935. The molecule has 176 valence electrons. The lowest BCUT2D eigenvalue weighted by Crippen LogP contribution is -2.16. The second-order valence-corrected chi connectivity index (χ2v) is 7.33. The predicted octanol–water partition coefficient (Wildman–Crippen LogP) is 7.92. The van der Waals surface area contributed by atoms with E-state index in [1.54, 1.807) is 6.92 Å². The SMILES string of the molecule is C#CC.C=CCC=C1C(=C)/C(=C(\C#N)C(=O)OCC(CC)CCCC)c2ccccc21.CC. The van der Waals surface area contributed by atoms with Gasteiger partial charge in [-0.3, -0.25) is 0 Å². The molecule has 1 aromatic rings. The second-order valence-electron chi connectivity index (χ2n) is 7.33. The summed E-state index contributed by atoms with van der Waals surface area (Å²) in [6.07, 6.45) is 13.3. The average molecular weight is 446 g/mol. The Kier molecular flexibility index (Phi) is 15.6. The van der Waals surface area contributed by atoms with Crippen molar-refractivity contribution in [2.24, 2.45) is 5.92 Å². The van der Waals surface area contributed by atoms with Crippen LogP contribution in [0, 0.1) is 29.6 Å². The van der Waals surface area contributed by atoms with Crippen LogP contribution >= 0.6 is 0 Å². The highest BCUT2D eigenvalue weighted by atomic mass is 16.5. The molecule has 1 unspecified atom stereocenters. The van der Waals surface area contributed by atoms with Gasteiger partial charge in [-0.2, -0.15) is 5.26 Å². The summed E-state index contributed by atoms with van der Waals surface area (Å²) in [6.45, 7) is 18.2. The molecule has 0 saturated heterocycles. The normalized spacial score (nSPS) is 14.9. The first-order valence-electron chi connectivity index (χ1n) is 11.8. The minimum Gasteiger partial charge on any atom is -0.461 e. The fourth-order valence-electron chi connectivity index (χ4n) is 3.48. The van der Waals surface area contributed by atoms with E-state index in [2.05, 4.69) is 45.4 Å². The van der Waals surface area contributed by atoms with Crippen LogP contribution in [0.1, 0.15) is 77.8 Å². The first kappa shape index (κ1) is 29.7. The summed E-state index contributed by atoms with van der Waals surface area (Å²) in [6, 6.07) is 9.83. The minimum atomic E-state index is -0.562. The van der Waals surface area contributed by atoms with Gasteiger partial charge in [-0.05, 0) is 48.0 Å².